The monoisotopic (exact) mass is 198 g/mol. The standard InChI is InChI=1S/C9H18N2.C3H8/c1-7(2)11-5-8-3-10-4-9(8)6-11;1-3-2/h7-10H,3-6H2,1-2H3;3H2,1-2H3. The van der Waals surface area contributed by atoms with E-state index in [0.717, 1.165) is 17.9 Å². The zero-order valence-corrected chi connectivity index (χ0v) is 10.2. The van der Waals surface area contributed by atoms with Crippen LogP contribution in [-0.4, -0.2) is 37.1 Å². The number of likely N-dealkylation sites (tertiary alicyclic amines) is 1. The first-order chi connectivity index (χ1) is 6.69. The minimum atomic E-state index is 0.751. The van der Waals surface area contributed by atoms with Gasteiger partial charge in [-0.25, -0.2) is 0 Å². The maximum absolute atomic E-state index is 3.46. The van der Waals surface area contributed by atoms with Gasteiger partial charge in [0.15, 0.2) is 0 Å². The van der Waals surface area contributed by atoms with Crippen LogP contribution in [0.1, 0.15) is 34.1 Å². The lowest BCUT2D eigenvalue weighted by atomic mass is 10.0. The first kappa shape index (κ1) is 12.0. The highest BCUT2D eigenvalue weighted by Gasteiger charge is 2.36. The molecule has 2 aliphatic heterocycles. The molecular formula is C12H26N2. The van der Waals surface area contributed by atoms with E-state index in [-0.39, 0.29) is 0 Å². The van der Waals surface area contributed by atoms with Crippen LogP contribution in [0.5, 0.6) is 0 Å². The molecule has 2 unspecified atom stereocenters. The van der Waals surface area contributed by atoms with E-state index < -0.39 is 0 Å². The number of hydrogen-bond acceptors (Lipinski definition) is 2. The topological polar surface area (TPSA) is 15.3 Å². The largest absolute Gasteiger partial charge is 0.316 e. The normalized spacial score (nSPS) is 31.5. The molecule has 2 nitrogen and oxygen atoms in total. The van der Waals surface area contributed by atoms with Crippen molar-refractivity contribution in [1.29, 1.82) is 0 Å². The number of nitrogens with zero attached hydrogens (tertiary/aromatic N) is 1. The first-order valence-corrected chi connectivity index (χ1v) is 6.13. The van der Waals surface area contributed by atoms with Gasteiger partial charge >= 0.3 is 0 Å². The molecule has 2 atom stereocenters. The molecule has 2 heterocycles. The summed E-state index contributed by atoms with van der Waals surface area (Å²) in [6.45, 7) is 14.0. The molecule has 14 heavy (non-hydrogen) atoms. The highest BCUT2D eigenvalue weighted by molar-refractivity contribution is 4.91. The number of nitrogens with one attached hydrogen (secondary N) is 1. The van der Waals surface area contributed by atoms with Crippen LogP contribution in [0, 0.1) is 11.8 Å². The summed E-state index contributed by atoms with van der Waals surface area (Å²) in [6.07, 6.45) is 1.25. The third-order valence-electron chi connectivity index (χ3n) is 3.15. The molecule has 1 N–H and O–H groups in total. The van der Waals surface area contributed by atoms with Gasteiger partial charge in [-0.2, -0.15) is 0 Å². The van der Waals surface area contributed by atoms with Crippen molar-refractivity contribution in [3.05, 3.63) is 0 Å². The van der Waals surface area contributed by atoms with E-state index in [1.807, 2.05) is 0 Å². The Balaban J connectivity index is 0.000000293. The summed E-state index contributed by atoms with van der Waals surface area (Å²) >= 11 is 0. The van der Waals surface area contributed by atoms with E-state index in [0.29, 0.717) is 0 Å². The number of rotatable bonds is 1. The molecule has 0 aromatic carbocycles. The third-order valence-corrected chi connectivity index (χ3v) is 3.15. The summed E-state index contributed by atoms with van der Waals surface area (Å²) in [7, 11) is 0. The fourth-order valence-corrected chi connectivity index (χ4v) is 2.31. The fourth-order valence-electron chi connectivity index (χ4n) is 2.31. The second-order valence-corrected chi connectivity index (χ2v) is 4.93. The van der Waals surface area contributed by atoms with Crippen LogP contribution in [0.25, 0.3) is 0 Å². The van der Waals surface area contributed by atoms with E-state index in [2.05, 4.69) is 37.9 Å². The van der Waals surface area contributed by atoms with Gasteiger partial charge in [-0.15, -0.1) is 0 Å². The summed E-state index contributed by atoms with van der Waals surface area (Å²) in [5, 5.41) is 3.46. The van der Waals surface area contributed by atoms with Crippen LogP contribution < -0.4 is 5.32 Å². The lowest BCUT2D eigenvalue weighted by molar-refractivity contribution is 0.256. The first-order valence-electron chi connectivity index (χ1n) is 6.13. The molecule has 2 rings (SSSR count). The maximum Gasteiger partial charge on any atom is 0.00388 e. The van der Waals surface area contributed by atoms with Gasteiger partial charge < -0.3 is 10.2 Å². The number of fused-ring (bicyclic) bond motifs is 1. The van der Waals surface area contributed by atoms with Crippen molar-refractivity contribution in [2.45, 2.75) is 40.2 Å². The number of hydrogen-bond donors (Lipinski definition) is 1. The van der Waals surface area contributed by atoms with Crippen LogP contribution in [-0.2, 0) is 0 Å². The molecule has 0 radical (unpaired) electrons. The van der Waals surface area contributed by atoms with Crippen molar-refractivity contribution in [1.82, 2.24) is 10.2 Å². The van der Waals surface area contributed by atoms with Crippen LogP contribution in [0.3, 0.4) is 0 Å². The average molecular weight is 198 g/mol. The fraction of sp³-hybridized carbons (Fsp3) is 1.00. The zero-order valence-electron chi connectivity index (χ0n) is 10.2. The highest BCUT2D eigenvalue weighted by Crippen LogP contribution is 2.27. The highest BCUT2D eigenvalue weighted by atomic mass is 15.2. The third kappa shape index (κ3) is 2.96. The quantitative estimate of drug-likeness (QED) is 0.693. The van der Waals surface area contributed by atoms with Gasteiger partial charge in [-0.3, -0.25) is 0 Å². The van der Waals surface area contributed by atoms with Gasteiger partial charge in [-0.05, 0) is 38.8 Å². The molecule has 2 saturated heterocycles. The molecule has 0 aromatic rings. The summed E-state index contributed by atoms with van der Waals surface area (Å²) in [5.41, 5.74) is 0. The molecule has 2 fully saturated rings. The zero-order chi connectivity index (χ0) is 10.6. The Bertz CT molecular complexity index is 144. The van der Waals surface area contributed by atoms with E-state index >= 15 is 0 Å². The van der Waals surface area contributed by atoms with Crippen LogP contribution in [0.2, 0.25) is 0 Å². The molecule has 0 aliphatic carbocycles. The Morgan fingerprint density at radius 3 is 1.93 bits per heavy atom. The van der Waals surface area contributed by atoms with Crippen molar-refractivity contribution in [2.24, 2.45) is 11.8 Å². The van der Waals surface area contributed by atoms with Gasteiger partial charge in [0.05, 0.1) is 0 Å². The van der Waals surface area contributed by atoms with Crippen molar-refractivity contribution in [3.8, 4) is 0 Å². The van der Waals surface area contributed by atoms with Gasteiger partial charge in [0.1, 0.15) is 0 Å². The van der Waals surface area contributed by atoms with E-state index in [1.54, 1.807) is 0 Å². The molecule has 0 saturated carbocycles. The van der Waals surface area contributed by atoms with Gasteiger partial charge in [-0.1, -0.05) is 20.3 Å². The van der Waals surface area contributed by atoms with E-state index in [9.17, 15) is 0 Å². The minimum absolute atomic E-state index is 0.751. The Morgan fingerprint density at radius 1 is 1.14 bits per heavy atom. The van der Waals surface area contributed by atoms with E-state index in [1.165, 1.54) is 32.6 Å². The SMILES string of the molecule is CC(C)N1CC2CNCC2C1.CCC. The van der Waals surface area contributed by atoms with E-state index in [4.69, 9.17) is 0 Å². The van der Waals surface area contributed by atoms with Gasteiger partial charge in [0.2, 0.25) is 0 Å². The van der Waals surface area contributed by atoms with Crippen LogP contribution >= 0.6 is 0 Å². The van der Waals surface area contributed by atoms with Gasteiger partial charge in [0, 0.05) is 19.1 Å². The second-order valence-electron chi connectivity index (χ2n) is 4.93. The predicted molar refractivity (Wildman–Crippen MR) is 62.5 cm³/mol. The smallest absolute Gasteiger partial charge is 0.00388 e. The summed E-state index contributed by atoms with van der Waals surface area (Å²) in [6, 6.07) is 0.751. The Hall–Kier alpha value is -0.0800. The molecule has 0 aromatic heterocycles. The lowest BCUT2D eigenvalue weighted by Gasteiger charge is -2.20. The molecule has 2 heteroatoms. The van der Waals surface area contributed by atoms with Crippen molar-refractivity contribution < 1.29 is 0 Å². The summed E-state index contributed by atoms with van der Waals surface area (Å²) in [5.74, 6) is 1.91. The maximum atomic E-state index is 3.46. The molecule has 0 bridgehead atoms. The molecule has 84 valence electrons. The van der Waals surface area contributed by atoms with Crippen molar-refractivity contribution in [2.75, 3.05) is 26.2 Å². The summed E-state index contributed by atoms with van der Waals surface area (Å²) < 4.78 is 0. The summed E-state index contributed by atoms with van der Waals surface area (Å²) in [4.78, 5) is 2.61. The predicted octanol–water partition coefficient (Wildman–Crippen LogP) is 1.96. The second kappa shape index (κ2) is 5.72. The molecule has 2 aliphatic rings. The average Bonchev–Trinajstić information content (AvgIpc) is 2.61. The Morgan fingerprint density at radius 2 is 1.57 bits per heavy atom. The Kier molecular flexibility index (Phi) is 4.90. The van der Waals surface area contributed by atoms with Crippen molar-refractivity contribution >= 4 is 0 Å². The lowest BCUT2D eigenvalue weighted by Crippen LogP contribution is -2.31. The molecule has 0 amide bonds. The molecule has 0 spiro atoms. The van der Waals surface area contributed by atoms with Crippen LogP contribution in [0.15, 0.2) is 0 Å². The van der Waals surface area contributed by atoms with Crippen molar-refractivity contribution in [3.63, 3.8) is 0 Å². The minimum Gasteiger partial charge on any atom is -0.316 e. The molecular weight excluding hydrogens is 172 g/mol. The van der Waals surface area contributed by atoms with Crippen LogP contribution in [0.4, 0.5) is 0 Å². The Labute approximate surface area is 89.1 Å². The van der Waals surface area contributed by atoms with Gasteiger partial charge in [0.25, 0.3) is 0 Å².